The normalized spacial score (nSPS) is 16.8. The number of nitrogens with zero attached hydrogens (tertiary/aromatic N) is 2. The lowest BCUT2D eigenvalue weighted by molar-refractivity contribution is -0.138. The number of benzene rings is 2. The van der Waals surface area contributed by atoms with Gasteiger partial charge in [-0.05, 0) is 55.5 Å². The van der Waals surface area contributed by atoms with Crippen LogP contribution in [0, 0.1) is 0 Å². The lowest BCUT2D eigenvalue weighted by atomic mass is 10.0. The maximum Gasteiger partial charge on any atom is 0.355 e. The van der Waals surface area contributed by atoms with Crippen molar-refractivity contribution in [2.24, 2.45) is 5.10 Å². The number of esters is 1. The van der Waals surface area contributed by atoms with Crippen LogP contribution in [0.4, 0.5) is 5.69 Å². The summed E-state index contributed by atoms with van der Waals surface area (Å²) in [5.74, 6) is -1.09. The third kappa shape index (κ3) is 3.97. The first-order valence-corrected chi connectivity index (χ1v) is 9.85. The van der Waals surface area contributed by atoms with Crippen molar-refractivity contribution in [1.82, 2.24) is 0 Å². The first-order chi connectivity index (χ1) is 14.0. The van der Waals surface area contributed by atoms with Gasteiger partial charge in [0, 0.05) is 18.4 Å². The molecule has 4 rings (SSSR count). The van der Waals surface area contributed by atoms with Gasteiger partial charge in [0.15, 0.2) is 6.10 Å². The van der Waals surface area contributed by atoms with Crippen molar-refractivity contribution in [2.75, 3.05) is 5.01 Å². The molecule has 6 heteroatoms. The molecular formula is C23H22N2O4. The molecule has 0 radical (unpaired) electrons. The molecule has 6 nitrogen and oxygen atoms in total. The first kappa shape index (κ1) is 19.1. The SMILES string of the molecule is CC(OC(=O)C1=NN(c2ccccc2)C(=O)CC1)C(=O)c1ccc2c(c1)CCC2. The molecule has 0 spiro atoms. The maximum atomic E-state index is 12.7. The molecule has 0 saturated carbocycles. The number of aryl methyl sites for hydroxylation is 2. The van der Waals surface area contributed by atoms with Gasteiger partial charge in [-0.3, -0.25) is 9.59 Å². The van der Waals surface area contributed by atoms with Gasteiger partial charge in [0.2, 0.25) is 11.7 Å². The van der Waals surface area contributed by atoms with Crippen LogP contribution < -0.4 is 5.01 Å². The highest BCUT2D eigenvalue weighted by Gasteiger charge is 2.29. The second-order valence-electron chi connectivity index (χ2n) is 7.34. The number of rotatable bonds is 5. The number of amides is 1. The van der Waals surface area contributed by atoms with Crippen molar-refractivity contribution in [1.29, 1.82) is 0 Å². The van der Waals surface area contributed by atoms with Crippen LogP contribution >= 0.6 is 0 Å². The van der Waals surface area contributed by atoms with Gasteiger partial charge in [0.05, 0.1) is 5.69 Å². The molecule has 1 unspecified atom stereocenters. The van der Waals surface area contributed by atoms with Crippen molar-refractivity contribution >= 4 is 29.1 Å². The fraction of sp³-hybridized carbons (Fsp3) is 0.304. The summed E-state index contributed by atoms with van der Waals surface area (Å²) in [5.41, 5.74) is 3.76. The van der Waals surface area contributed by atoms with Crippen molar-refractivity contribution in [3.05, 3.63) is 65.2 Å². The summed E-state index contributed by atoms with van der Waals surface area (Å²) >= 11 is 0. The molecule has 0 N–H and O–H groups in total. The van der Waals surface area contributed by atoms with Gasteiger partial charge in [-0.15, -0.1) is 0 Å². The predicted molar refractivity (Wildman–Crippen MR) is 109 cm³/mol. The monoisotopic (exact) mass is 390 g/mol. The fourth-order valence-electron chi connectivity index (χ4n) is 3.71. The first-order valence-electron chi connectivity index (χ1n) is 9.85. The molecule has 1 aliphatic heterocycles. The van der Waals surface area contributed by atoms with E-state index in [-0.39, 0.29) is 30.2 Å². The topological polar surface area (TPSA) is 76.0 Å². The molecule has 0 saturated heterocycles. The number of fused-ring (bicyclic) bond motifs is 1. The van der Waals surface area contributed by atoms with Crippen LogP contribution in [0.5, 0.6) is 0 Å². The van der Waals surface area contributed by atoms with Crippen molar-refractivity contribution in [3.8, 4) is 0 Å². The molecular weight excluding hydrogens is 368 g/mol. The second-order valence-corrected chi connectivity index (χ2v) is 7.34. The minimum Gasteiger partial charge on any atom is -0.450 e. The quantitative estimate of drug-likeness (QED) is 0.579. The third-order valence-corrected chi connectivity index (χ3v) is 5.31. The minimum absolute atomic E-state index is 0.141. The van der Waals surface area contributed by atoms with Crippen molar-refractivity contribution in [3.63, 3.8) is 0 Å². The average Bonchev–Trinajstić information content (AvgIpc) is 3.22. The highest BCUT2D eigenvalue weighted by molar-refractivity contribution is 6.38. The Labute approximate surface area is 169 Å². The number of hydrazone groups is 1. The summed E-state index contributed by atoms with van der Waals surface area (Å²) in [6.45, 7) is 1.57. The highest BCUT2D eigenvalue weighted by Crippen LogP contribution is 2.24. The van der Waals surface area contributed by atoms with Crippen LogP contribution in [0.25, 0.3) is 0 Å². The summed E-state index contributed by atoms with van der Waals surface area (Å²) in [6.07, 6.45) is 2.56. The predicted octanol–water partition coefficient (Wildman–Crippen LogP) is 3.47. The van der Waals surface area contributed by atoms with E-state index in [0.717, 1.165) is 19.3 Å². The van der Waals surface area contributed by atoms with Gasteiger partial charge in [-0.1, -0.05) is 30.3 Å². The van der Waals surface area contributed by atoms with Gasteiger partial charge < -0.3 is 4.74 Å². The lowest BCUT2D eigenvalue weighted by Crippen LogP contribution is -2.36. The molecule has 2 aromatic rings. The van der Waals surface area contributed by atoms with E-state index in [1.54, 1.807) is 37.3 Å². The Kier molecular flexibility index (Phi) is 5.25. The standard InChI is InChI=1S/C23H22N2O4/c1-15(22(27)18-11-10-16-6-5-7-17(16)14-18)29-23(28)20-12-13-21(26)25(24-20)19-8-3-2-4-9-19/h2-4,8-11,14-15H,5-7,12-13H2,1H3. The van der Waals surface area contributed by atoms with Crippen molar-refractivity contribution < 1.29 is 19.1 Å². The van der Waals surface area contributed by atoms with Crippen LogP contribution in [0.3, 0.4) is 0 Å². The number of ether oxygens (including phenoxy) is 1. The van der Waals surface area contributed by atoms with E-state index in [9.17, 15) is 14.4 Å². The van der Waals surface area contributed by atoms with E-state index in [0.29, 0.717) is 11.3 Å². The van der Waals surface area contributed by atoms with Crippen LogP contribution in [0.1, 0.15) is 47.7 Å². The average molecular weight is 390 g/mol. The summed E-state index contributed by atoms with van der Waals surface area (Å²) in [4.78, 5) is 37.5. The largest absolute Gasteiger partial charge is 0.450 e. The number of hydrogen-bond acceptors (Lipinski definition) is 5. The molecule has 148 valence electrons. The van der Waals surface area contributed by atoms with E-state index in [4.69, 9.17) is 4.74 Å². The maximum absolute atomic E-state index is 12.7. The number of carbonyl (C=O) groups is 3. The van der Waals surface area contributed by atoms with E-state index < -0.39 is 12.1 Å². The van der Waals surface area contributed by atoms with E-state index in [1.165, 1.54) is 16.1 Å². The molecule has 2 aromatic carbocycles. The number of hydrogen-bond donors (Lipinski definition) is 0. The minimum atomic E-state index is -0.924. The smallest absolute Gasteiger partial charge is 0.355 e. The Morgan fingerprint density at radius 2 is 1.76 bits per heavy atom. The van der Waals surface area contributed by atoms with Crippen molar-refractivity contribution in [2.45, 2.75) is 45.1 Å². The molecule has 1 amide bonds. The molecule has 29 heavy (non-hydrogen) atoms. The summed E-state index contributed by atoms with van der Waals surface area (Å²) < 4.78 is 5.39. The van der Waals surface area contributed by atoms with Crippen LogP contribution in [0.15, 0.2) is 53.6 Å². The third-order valence-electron chi connectivity index (χ3n) is 5.31. The molecule has 0 fully saturated rings. The zero-order chi connectivity index (χ0) is 20.4. The Hall–Kier alpha value is -3.28. The number of Topliss-reactive ketones (excluding diaryl/α,β-unsaturated/α-hetero) is 1. The summed E-state index contributed by atoms with van der Waals surface area (Å²) in [6, 6.07) is 14.6. The van der Waals surface area contributed by atoms with E-state index in [2.05, 4.69) is 5.10 Å². The number of carbonyl (C=O) groups excluding carboxylic acids is 3. The summed E-state index contributed by atoms with van der Waals surface area (Å²) in [5, 5.41) is 5.40. The molecule has 2 aliphatic rings. The molecule has 1 heterocycles. The second kappa shape index (κ2) is 7.99. The Balaban J connectivity index is 1.46. The molecule has 0 bridgehead atoms. The summed E-state index contributed by atoms with van der Waals surface area (Å²) in [7, 11) is 0. The highest BCUT2D eigenvalue weighted by atomic mass is 16.5. The fourth-order valence-corrected chi connectivity index (χ4v) is 3.71. The molecule has 1 atom stereocenters. The number of ketones is 1. The van der Waals surface area contributed by atoms with Gasteiger partial charge in [0.25, 0.3) is 0 Å². The number of anilines is 1. The zero-order valence-corrected chi connectivity index (χ0v) is 16.3. The van der Waals surface area contributed by atoms with Gasteiger partial charge in [-0.25, -0.2) is 9.80 Å². The molecule has 0 aromatic heterocycles. The van der Waals surface area contributed by atoms with Crippen LogP contribution in [-0.4, -0.2) is 29.5 Å². The van der Waals surface area contributed by atoms with Crippen LogP contribution in [-0.2, 0) is 27.2 Å². The Morgan fingerprint density at radius 3 is 2.55 bits per heavy atom. The van der Waals surface area contributed by atoms with Gasteiger partial charge in [0.1, 0.15) is 5.71 Å². The molecule has 1 aliphatic carbocycles. The lowest BCUT2D eigenvalue weighted by Gasteiger charge is -2.23. The van der Waals surface area contributed by atoms with Gasteiger partial charge in [-0.2, -0.15) is 5.10 Å². The van der Waals surface area contributed by atoms with E-state index >= 15 is 0 Å². The van der Waals surface area contributed by atoms with E-state index in [1.807, 2.05) is 18.2 Å². The number of para-hydroxylation sites is 1. The van der Waals surface area contributed by atoms with Crippen LogP contribution in [0.2, 0.25) is 0 Å². The zero-order valence-electron chi connectivity index (χ0n) is 16.3. The van der Waals surface area contributed by atoms with Gasteiger partial charge >= 0.3 is 5.97 Å². The Bertz CT molecular complexity index is 997. The Morgan fingerprint density at radius 1 is 1.00 bits per heavy atom.